The normalized spacial score (nSPS) is 20.2. The minimum absolute atomic E-state index is 0.0418. The summed E-state index contributed by atoms with van der Waals surface area (Å²) in [5.41, 5.74) is 6.36. The molecule has 0 aliphatic carbocycles. The molecule has 2 aliphatic heterocycles. The van der Waals surface area contributed by atoms with Crippen LogP contribution in [0.1, 0.15) is 29.2 Å². The number of hydrazine groups is 1. The second-order valence-corrected chi connectivity index (χ2v) is 7.62. The van der Waals surface area contributed by atoms with Crippen LogP contribution in [0.2, 0.25) is 0 Å². The van der Waals surface area contributed by atoms with Crippen molar-refractivity contribution in [1.29, 1.82) is 0 Å². The zero-order chi connectivity index (χ0) is 20.0. The first-order valence-corrected chi connectivity index (χ1v) is 9.96. The smallest absolute Gasteiger partial charge is 0.196 e. The molecule has 2 aliphatic rings. The number of rotatable bonds is 4. The number of methoxy groups -OCH3 is 2. The van der Waals surface area contributed by atoms with E-state index in [1.54, 1.807) is 20.5 Å². The van der Waals surface area contributed by atoms with E-state index in [1.165, 1.54) is 0 Å². The third-order valence-corrected chi connectivity index (χ3v) is 5.77. The molecule has 148 valence electrons. The monoisotopic (exact) mass is 454 g/mol. The lowest BCUT2D eigenvalue weighted by Crippen LogP contribution is -2.43. The number of nitrogens with zero attached hydrogens (tertiary/aromatic N) is 1. The molecule has 5 rings (SSSR count). The molecule has 0 bridgehead atoms. The van der Waals surface area contributed by atoms with Crippen molar-refractivity contribution in [1.82, 2.24) is 10.4 Å². The Kier molecular flexibility index (Phi) is 4.49. The van der Waals surface area contributed by atoms with E-state index in [-0.39, 0.29) is 12.3 Å². The van der Waals surface area contributed by atoms with E-state index in [0.29, 0.717) is 5.75 Å². The number of halogens is 1. The summed E-state index contributed by atoms with van der Waals surface area (Å²) in [4.78, 5) is 0. The topological polar surface area (TPSA) is 56.1 Å². The largest absolute Gasteiger partial charge is 0.496 e. The molecule has 0 amide bonds. The summed E-state index contributed by atoms with van der Waals surface area (Å²) >= 11 is 3.58. The second-order valence-electron chi connectivity index (χ2n) is 6.76. The molecule has 0 radical (unpaired) electrons. The number of para-hydroxylation sites is 1. The van der Waals surface area contributed by atoms with E-state index in [1.807, 2.05) is 42.5 Å². The first kappa shape index (κ1) is 18.1. The van der Waals surface area contributed by atoms with Gasteiger partial charge in [-0.3, -0.25) is 0 Å². The van der Waals surface area contributed by atoms with Gasteiger partial charge in [-0.25, -0.2) is 0 Å². The Morgan fingerprint density at radius 1 is 1.03 bits per heavy atom. The van der Waals surface area contributed by atoms with Gasteiger partial charge < -0.3 is 24.1 Å². The Balaban J connectivity index is 1.62. The molecule has 3 heterocycles. The Morgan fingerprint density at radius 2 is 1.90 bits per heavy atom. The van der Waals surface area contributed by atoms with Crippen molar-refractivity contribution >= 4 is 21.6 Å². The summed E-state index contributed by atoms with van der Waals surface area (Å²) in [5, 5.41) is 2.08. The molecule has 2 aromatic carbocycles. The van der Waals surface area contributed by atoms with Crippen LogP contribution in [0.15, 0.2) is 69.8 Å². The fourth-order valence-electron chi connectivity index (χ4n) is 3.78. The van der Waals surface area contributed by atoms with Crippen molar-refractivity contribution in [3.8, 4) is 17.2 Å². The maximum Gasteiger partial charge on any atom is 0.196 e. The molecule has 0 fully saturated rings. The van der Waals surface area contributed by atoms with Gasteiger partial charge in [0.1, 0.15) is 5.75 Å². The summed E-state index contributed by atoms with van der Waals surface area (Å²) in [6.45, 7) is 0. The number of benzene rings is 2. The van der Waals surface area contributed by atoms with Crippen molar-refractivity contribution in [3.05, 3.63) is 82.2 Å². The van der Waals surface area contributed by atoms with Crippen LogP contribution in [0.25, 0.3) is 5.70 Å². The lowest BCUT2D eigenvalue weighted by atomic mass is 10.0. The van der Waals surface area contributed by atoms with Crippen molar-refractivity contribution in [2.24, 2.45) is 0 Å². The van der Waals surface area contributed by atoms with Gasteiger partial charge >= 0.3 is 0 Å². The van der Waals surface area contributed by atoms with Crippen LogP contribution in [-0.4, -0.2) is 19.2 Å². The summed E-state index contributed by atoms with van der Waals surface area (Å²) in [6, 6.07) is 15.6. The first-order chi connectivity index (χ1) is 14.2. The number of ether oxygens (including phenoxy) is 3. The molecule has 7 heteroatoms. The zero-order valence-corrected chi connectivity index (χ0v) is 17.5. The van der Waals surface area contributed by atoms with E-state index in [4.69, 9.17) is 18.6 Å². The van der Waals surface area contributed by atoms with Crippen LogP contribution >= 0.6 is 15.9 Å². The molecule has 29 heavy (non-hydrogen) atoms. The van der Waals surface area contributed by atoms with Crippen LogP contribution < -0.4 is 19.6 Å². The molecule has 6 nitrogen and oxygen atoms in total. The van der Waals surface area contributed by atoms with Gasteiger partial charge in [-0.05, 0) is 52.3 Å². The average Bonchev–Trinajstić information content (AvgIpc) is 3.42. The lowest BCUT2D eigenvalue weighted by molar-refractivity contribution is -0.0345. The Labute approximate surface area is 176 Å². The van der Waals surface area contributed by atoms with Gasteiger partial charge in [-0.1, -0.05) is 18.2 Å². The molecule has 1 N–H and O–H groups in total. The average molecular weight is 455 g/mol. The summed E-state index contributed by atoms with van der Waals surface area (Å²) in [6.07, 6.45) is 3.43. The molecule has 3 aromatic rings. The number of furan rings is 1. The van der Waals surface area contributed by atoms with Crippen molar-refractivity contribution < 1.29 is 18.6 Å². The molecular formula is C22H19BrN2O4. The lowest BCUT2D eigenvalue weighted by Gasteiger charge is -2.39. The molecule has 2 unspecified atom stereocenters. The molecule has 2 atom stereocenters. The van der Waals surface area contributed by atoms with Crippen LogP contribution in [0.5, 0.6) is 17.2 Å². The summed E-state index contributed by atoms with van der Waals surface area (Å²) in [5.74, 6) is 2.99. The molecule has 0 saturated heterocycles. The maximum absolute atomic E-state index is 6.46. The number of hydrogen-bond donors (Lipinski definition) is 1. The summed E-state index contributed by atoms with van der Waals surface area (Å²) < 4.78 is 23.9. The van der Waals surface area contributed by atoms with Gasteiger partial charge in [-0.15, -0.1) is 0 Å². The second kappa shape index (κ2) is 7.17. The minimum atomic E-state index is -0.380. The van der Waals surface area contributed by atoms with E-state index < -0.39 is 0 Å². The highest BCUT2D eigenvalue weighted by molar-refractivity contribution is 9.10. The molecular weight excluding hydrogens is 436 g/mol. The Hall–Kier alpha value is -2.90. The number of fused-ring (bicyclic) bond motifs is 3. The minimum Gasteiger partial charge on any atom is -0.496 e. The van der Waals surface area contributed by atoms with Gasteiger partial charge in [0.15, 0.2) is 23.5 Å². The van der Waals surface area contributed by atoms with Gasteiger partial charge in [-0.2, -0.15) is 5.01 Å². The van der Waals surface area contributed by atoms with Crippen LogP contribution in [0, 0.1) is 0 Å². The number of hydrogen-bond acceptors (Lipinski definition) is 6. The highest BCUT2D eigenvalue weighted by Crippen LogP contribution is 2.49. The Morgan fingerprint density at radius 3 is 2.62 bits per heavy atom. The van der Waals surface area contributed by atoms with Gasteiger partial charge in [0.2, 0.25) is 0 Å². The summed E-state index contributed by atoms with van der Waals surface area (Å²) in [7, 11) is 3.30. The van der Waals surface area contributed by atoms with Crippen molar-refractivity contribution in [2.75, 3.05) is 14.2 Å². The molecule has 0 saturated carbocycles. The fourth-order valence-corrected chi connectivity index (χ4v) is 4.34. The van der Waals surface area contributed by atoms with E-state index in [2.05, 4.69) is 38.5 Å². The predicted molar refractivity (Wildman–Crippen MR) is 111 cm³/mol. The van der Waals surface area contributed by atoms with Crippen LogP contribution in [-0.2, 0) is 0 Å². The SMILES string of the molecule is COc1ccc(C2Oc3c(OC)cccc3C3C=C(c4ccco4)NN32)cc1Br. The zero-order valence-electron chi connectivity index (χ0n) is 15.9. The van der Waals surface area contributed by atoms with Gasteiger partial charge in [0.25, 0.3) is 0 Å². The third kappa shape index (κ3) is 2.97. The van der Waals surface area contributed by atoms with E-state index in [0.717, 1.165) is 38.6 Å². The fraction of sp³-hybridized carbons (Fsp3) is 0.182. The molecule has 1 aromatic heterocycles. The standard InChI is InChI=1S/C22H19BrN2O4/c1-26-18-9-8-13(11-15(18)23)22-25-17(12-16(24-25)19-7-4-10-28-19)14-5-3-6-20(27-2)21(14)29-22/h3-12,17,22,24H,1-2H3. The van der Waals surface area contributed by atoms with E-state index >= 15 is 0 Å². The predicted octanol–water partition coefficient (Wildman–Crippen LogP) is 5.05. The highest BCUT2D eigenvalue weighted by Gasteiger charge is 2.41. The maximum atomic E-state index is 6.46. The number of nitrogens with one attached hydrogen (secondary N) is 1. The molecule has 0 spiro atoms. The van der Waals surface area contributed by atoms with Gasteiger partial charge in [0.05, 0.1) is 36.7 Å². The van der Waals surface area contributed by atoms with Crippen LogP contribution in [0.3, 0.4) is 0 Å². The first-order valence-electron chi connectivity index (χ1n) is 9.17. The highest BCUT2D eigenvalue weighted by atomic mass is 79.9. The third-order valence-electron chi connectivity index (χ3n) is 5.15. The Bertz CT molecular complexity index is 1080. The van der Waals surface area contributed by atoms with Crippen molar-refractivity contribution in [2.45, 2.75) is 12.3 Å². The van der Waals surface area contributed by atoms with Crippen molar-refractivity contribution in [3.63, 3.8) is 0 Å². The van der Waals surface area contributed by atoms with Gasteiger partial charge in [0, 0.05) is 11.1 Å². The van der Waals surface area contributed by atoms with Crippen LogP contribution in [0.4, 0.5) is 0 Å². The van der Waals surface area contributed by atoms with E-state index in [9.17, 15) is 0 Å². The quantitative estimate of drug-likeness (QED) is 0.594.